The van der Waals surface area contributed by atoms with Crippen molar-refractivity contribution in [2.24, 2.45) is 0 Å². The van der Waals surface area contributed by atoms with Gasteiger partial charge in [0, 0.05) is 15.8 Å². The molecule has 2 rings (SSSR count). The Morgan fingerprint density at radius 2 is 1.65 bits per heavy atom. The van der Waals surface area contributed by atoms with Gasteiger partial charge in [-0.1, -0.05) is 26.0 Å². The summed E-state index contributed by atoms with van der Waals surface area (Å²) in [4.78, 5) is 13.2. The van der Waals surface area contributed by atoms with Gasteiger partial charge in [-0.15, -0.1) is 11.8 Å². The first-order valence-electron chi connectivity index (χ1n) is 7.01. The van der Waals surface area contributed by atoms with E-state index in [1.807, 2.05) is 26.0 Å². The molecule has 1 amide bonds. The molecule has 23 heavy (non-hydrogen) atoms. The van der Waals surface area contributed by atoms with Gasteiger partial charge in [-0.3, -0.25) is 4.79 Å². The minimum absolute atomic E-state index is 0.315. The van der Waals surface area contributed by atoms with E-state index in [-0.39, 0.29) is 5.91 Å². The molecule has 0 unspecified atom stereocenters. The molecule has 2 nitrogen and oxygen atoms in total. The number of rotatable bonds is 4. The average molecular weight is 339 g/mol. The third-order valence-corrected chi connectivity index (χ3v) is 4.05. The van der Waals surface area contributed by atoms with Crippen LogP contribution in [0, 0.1) is 0 Å². The van der Waals surface area contributed by atoms with E-state index in [1.54, 1.807) is 23.9 Å². The number of alkyl halides is 3. The van der Waals surface area contributed by atoms with Gasteiger partial charge in [0.15, 0.2) is 0 Å². The molecule has 0 aliphatic rings. The highest BCUT2D eigenvalue weighted by Crippen LogP contribution is 2.30. The fourth-order valence-corrected chi connectivity index (χ4v) is 2.90. The van der Waals surface area contributed by atoms with Gasteiger partial charge in [0.2, 0.25) is 0 Å². The van der Waals surface area contributed by atoms with Crippen LogP contribution in [0.15, 0.2) is 53.4 Å². The standard InChI is InChI=1S/C17H16F3NOS/c1-11(2)23-15-6-4-3-5-14(15)16(22)21-13-9-7-12(8-10-13)17(18,19)20/h3-11H,1-2H3,(H,21,22). The number of benzene rings is 2. The quantitative estimate of drug-likeness (QED) is 0.750. The first kappa shape index (κ1) is 17.4. The van der Waals surface area contributed by atoms with E-state index in [0.717, 1.165) is 17.0 Å². The van der Waals surface area contributed by atoms with Crippen LogP contribution >= 0.6 is 11.8 Å². The molecule has 0 atom stereocenters. The third-order valence-electron chi connectivity index (χ3n) is 2.96. The number of thioether (sulfide) groups is 1. The second kappa shape index (κ2) is 7.08. The molecule has 0 aliphatic carbocycles. The monoisotopic (exact) mass is 339 g/mol. The van der Waals surface area contributed by atoms with E-state index in [9.17, 15) is 18.0 Å². The third kappa shape index (κ3) is 4.76. The number of nitrogens with one attached hydrogen (secondary N) is 1. The van der Waals surface area contributed by atoms with Crippen LogP contribution in [-0.2, 0) is 6.18 Å². The van der Waals surface area contributed by atoms with Crippen molar-refractivity contribution in [1.82, 2.24) is 0 Å². The Morgan fingerprint density at radius 3 is 2.22 bits per heavy atom. The predicted octanol–water partition coefficient (Wildman–Crippen LogP) is 5.46. The van der Waals surface area contributed by atoms with E-state index < -0.39 is 11.7 Å². The van der Waals surface area contributed by atoms with Crippen LogP contribution < -0.4 is 5.32 Å². The molecule has 2 aromatic carbocycles. The highest BCUT2D eigenvalue weighted by atomic mass is 32.2. The van der Waals surface area contributed by atoms with E-state index in [4.69, 9.17) is 0 Å². The highest BCUT2D eigenvalue weighted by molar-refractivity contribution is 8.00. The van der Waals surface area contributed by atoms with Crippen molar-refractivity contribution in [3.8, 4) is 0 Å². The zero-order chi connectivity index (χ0) is 17.0. The lowest BCUT2D eigenvalue weighted by atomic mass is 10.1. The second-order valence-electron chi connectivity index (χ2n) is 5.19. The van der Waals surface area contributed by atoms with Crippen molar-refractivity contribution < 1.29 is 18.0 Å². The molecule has 122 valence electrons. The van der Waals surface area contributed by atoms with E-state index in [1.165, 1.54) is 12.1 Å². The molecule has 0 radical (unpaired) electrons. The molecule has 0 heterocycles. The number of carbonyl (C=O) groups is 1. The topological polar surface area (TPSA) is 29.1 Å². The molecule has 0 aromatic heterocycles. The van der Waals surface area contributed by atoms with Crippen LogP contribution in [0.1, 0.15) is 29.8 Å². The molecule has 0 aliphatic heterocycles. The average Bonchev–Trinajstić information content (AvgIpc) is 2.46. The van der Waals surface area contributed by atoms with Crippen LogP contribution in [0.25, 0.3) is 0 Å². The number of anilines is 1. The molecule has 0 fully saturated rings. The van der Waals surface area contributed by atoms with Gasteiger partial charge in [-0.05, 0) is 36.4 Å². The minimum atomic E-state index is -4.39. The van der Waals surface area contributed by atoms with Crippen molar-refractivity contribution in [1.29, 1.82) is 0 Å². The molecule has 6 heteroatoms. The zero-order valence-electron chi connectivity index (χ0n) is 12.6. The van der Waals surface area contributed by atoms with Crippen molar-refractivity contribution in [3.63, 3.8) is 0 Å². The van der Waals surface area contributed by atoms with Gasteiger partial charge in [0.1, 0.15) is 0 Å². The summed E-state index contributed by atoms with van der Waals surface area (Å²) < 4.78 is 37.6. The van der Waals surface area contributed by atoms with Crippen LogP contribution in [0.3, 0.4) is 0 Å². The van der Waals surface area contributed by atoms with Crippen LogP contribution in [0.4, 0.5) is 18.9 Å². The van der Waals surface area contributed by atoms with E-state index in [2.05, 4.69) is 5.32 Å². The maximum absolute atomic E-state index is 12.5. The first-order chi connectivity index (χ1) is 10.8. The van der Waals surface area contributed by atoms with Crippen molar-refractivity contribution in [2.75, 3.05) is 5.32 Å². The lowest BCUT2D eigenvalue weighted by Gasteiger charge is -2.12. The molecule has 0 spiro atoms. The molecule has 1 N–H and O–H groups in total. The fraction of sp³-hybridized carbons (Fsp3) is 0.235. The molecule has 0 saturated carbocycles. The SMILES string of the molecule is CC(C)Sc1ccccc1C(=O)Nc1ccc(C(F)(F)F)cc1. The maximum Gasteiger partial charge on any atom is 0.416 e. The number of halogens is 3. The lowest BCUT2D eigenvalue weighted by molar-refractivity contribution is -0.137. The Labute approximate surface area is 137 Å². The molecular formula is C17H16F3NOS. The minimum Gasteiger partial charge on any atom is -0.322 e. The Balaban J connectivity index is 2.16. The molecule has 2 aromatic rings. The van der Waals surface area contributed by atoms with Gasteiger partial charge in [0.05, 0.1) is 11.1 Å². The van der Waals surface area contributed by atoms with Gasteiger partial charge in [-0.25, -0.2) is 0 Å². The maximum atomic E-state index is 12.5. The molecule has 0 bridgehead atoms. The fourth-order valence-electron chi connectivity index (χ4n) is 1.95. The first-order valence-corrected chi connectivity index (χ1v) is 7.89. The Hall–Kier alpha value is -1.95. The number of carbonyl (C=O) groups excluding carboxylic acids is 1. The normalized spacial score (nSPS) is 11.6. The summed E-state index contributed by atoms with van der Waals surface area (Å²) in [6.45, 7) is 4.05. The van der Waals surface area contributed by atoms with Gasteiger partial charge in [-0.2, -0.15) is 13.2 Å². The van der Waals surface area contributed by atoms with E-state index >= 15 is 0 Å². The summed E-state index contributed by atoms with van der Waals surface area (Å²) in [5, 5.41) is 2.95. The smallest absolute Gasteiger partial charge is 0.322 e. The number of hydrogen-bond acceptors (Lipinski definition) is 2. The van der Waals surface area contributed by atoms with Crippen LogP contribution in [0.2, 0.25) is 0 Å². The number of amides is 1. The van der Waals surface area contributed by atoms with Gasteiger partial charge < -0.3 is 5.32 Å². The molecular weight excluding hydrogens is 323 g/mol. The summed E-state index contributed by atoms with van der Waals surface area (Å²) >= 11 is 1.56. The second-order valence-corrected chi connectivity index (χ2v) is 6.81. The number of hydrogen-bond donors (Lipinski definition) is 1. The summed E-state index contributed by atoms with van der Waals surface area (Å²) in [6, 6.07) is 11.6. The Morgan fingerprint density at radius 1 is 1.04 bits per heavy atom. The largest absolute Gasteiger partial charge is 0.416 e. The van der Waals surface area contributed by atoms with Gasteiger partial charge >= 0.3 is 6.18 Å². The van der Waals surface area contributed by atoms with E-state index in [0.29, 0.717) is 16.5 Å². The Kier molecular flexibility index (Phi) is 5.36. The summed E-state index contributed by atoms with van der Waals surface area (Å²) in [6.07, 6.45) is -4.39. The molecule has 0 saturated heterocycles. The summed E-state index contributed by atoms with van der Waals surface area (Å²) in [5.74, 6) is -0.339. The summed E-state index contributed by atoms with van der Waals surface area (Å²) in [7, 11) is 0. The van der Waals surface area contributed by atoms with Crippen molar-refractivity contribution in [3.05, 3.63) is 59.7 Å². The Bertz CT molecular complexity index is 681. The van der Waals surface area contributed by atoms with Gasteiger partial charge in [0.25, 0.3) is 5.91 Å². The van der Waals surface area contributed by atoms with Crippen molar-refractivity contribution >= 4 is 23.4 Å². The van der Waals surface area contributed by atoms with Crippen LogP contribution in [0.5, 0.6) is 0 Å². The van der Waals surface area contributed by atoms with Crippen LogP contribution in [-0.4, -0.2) is 11.2 Å². The predicted molar refractivity (Wildman–Crippen MR) is 86.8 cm³/mol. The highest BCUT2D eigenvalue weighted by Gasteiger charge is 2.30. The zero-order valence-corrected chi connectivity index (χ0v) is 13.5. The lowest BCUT2D eigenvalue weighted by Crippen LogP contribution is -2.13. The summed E-state index contributed by atoms with van der Waals surface area (Å²) in [5.41, 5.74) is 0.0877. The van der Waals surface area contributed by atoms with Crippen molar-refractivity contribution in [2.45, 2.75) is 30.2 Å².